The molecule has 9 aromatic heterocycles. The summed E-state index contributed by atoms with van der Waals surface area (Å²) >= 11 is 9.48. The second-order valence-electron chi connectivity index (χ2n) is 32.5. The van der Waals surface area contributed by atoms with E-state index in [-0.39, 0.29) is 40.5 Å². The fourth-order valence-electron chi connectivity index (χ4n) is 17.5. The highest BCUT2D eigenvalue weighted by molar-refractivity contribution is 9.08. The number of nitrogens with one attached hydrogen (secondary N) is 2. The van der Waals surface area contributed by atoms with Gasteiger partial charge in [0.05, 0.1) is 87.8 Å². The zero-order valence-electron chi connectivity index (χ0n) is 74.6. The van der Waals surface area contributed by atoms with Crippen LogP contribution in [0.15, 0.2) is 250 Å². The molecule has 0 bridgehead atoms. The number of aromatic amines is 1. The maximum absolute atomic E-state index is 13.9. The van der Waals surface area contributed by atoms with Gasteiger partial charge in [0, 0.05) is 68.2 Å². The molecule has 17 aromatic rings. The van der Waals surface area contributed by atoms with Gasteiger partial charge < -0.3 is 35.3 Å². The van der Waals surface area contributed by atoms with Gasteiger partial charge in [-0.2, -0.15) is 0 Å². The fourth-order valence-corrected chi connectivity index (χ4v) is 18.1. The molecule has 3 aliphatic rings. The van der Waals surface area contributed by atoms with Crippen molar-refractivity contribution in [3.05, 3.63) is 345 Å². The highest BCUT2D eigenvalue weighted by atomic mass is 79.9. The van der Waals surface area contributed by atoms with Crippen molar-refractivity contribution >= 4 is 116 Å². The number of aliphatic imine (C=N–C) groups is 1. The number of alkyl halides is 1. The Hall–Kier alpha value is -13.3. The van der Waals surface area contributed by atoms with Gasteiger partial charge in [-0.05, 0) is 223 Å². The quantitative estimate of drug-likeness (QED) is 0.0635. The molecule has 4 N–H and O–H groups in total. The molecule has 2 saturated heterocycles. The van der Waals surface area contributed by atoms with Gasteiger partial charge in [0.2, 0.25) is 0 Å². The molecule has 3 unspecified atom stereocenters. The van der Waals surface area contributed by atoms with Crippen LogP contribution < -0.4 is 43.1 Å². The highest BCUT2D eigenvalue weighted by Crippen LogP contribution is 2.40. The third kappa shape index (κ3) is 18.9. The average Bonchev–Trinajstić information content (AvgIpc) is 1.68. The van der Waals surface area contributed by atoms with E-state index in [4.69, 9.17) is 21.1 Å². The van der Waals surface area contributed by atoms with Crippen LogP contribution in [0.5, 0.6) is 0 Å². The molecule has 12 heterocycles. The maximum Gasteiger partial charge on any atom is 0.263 e. The number of imidazole rings is 2. The van der Waals surface area contributed by atoms with Crippen LogP contribution in [0.1, 0.15) is 124 Å². The van der Waals surface area contributed by atoms with Crippen molar-refractivity contribution < 1.29 is 9.47 Å². The smallest absolute Gasteiger partial charge is 0.263 e. The Labute approximate surface area is 761 Å². The molecule has 0 aliphatic carbocycles. The van der Waals surface area contributed by atoms with Crippen LogP contribution in [0.2, 0.25) is 5.15 Å². The lowest BCUT2D eigenvalue weighted by atomic mass is 9.94. The summed E-state index contributed by atoms with van der Waals surface area (Å²) in [5.74, 6) is 1.60. The number of ether oxygens (including phenoxy) is 2. The van der Waals surface area contributed by atoms with Crippen LogP contribution in [-0.2, 0) is 34.4 Å². The van der Waals surface area contributed by atoms with Gasteiger partial charge in [-0.25, -0.2) is 39.9 Å². The molecule has 0 amide bonds. The zero-order chi connectivity index (χ0) is 90.7. The van der Waals surface area contributed by atoms with Crippen molar-refractivity contribution in [3.63, 3.8) is 0 Å². The Balaban J connectivity index is 0.000000127. The van der Waals surface area contributed by atoms with Gasteiger partial charge in [0.1, 0.15) is 36.4 Å². The molecule has 658 valence electrons. The predicted molar refractivity (Wildman–Crippen MR) is 523 cm³/mol. The van der Waals surface area contributed by atoms with Crippen LogP contribution in [0.25, 0.3) is 88.2 Å². The first-order chi connectivity index (χ1) is 62.7. The van der Waals surface area contributed by atoms with E-state index in [2.05, 4.69) is 101 Å². The van der Waals surface area contributed by atoms with Gasteiger partial charge in [0.15, 0.2) is 33.6 Å². The van der Waals surface area contributed by atoms with E-state index < -0.39 is 0 Å². The standard InChI is InChI=1S/C29H30N6O2.C24H22N6O.C19H20N2O.C18H16BrNO.C11H12ClN3O.CH5N/c1-19-9-4-5-12-23(19)35-22(15-21-11-8-10-20(2)25(21)29(35)36)16-33(3)27-26-28(31-17-30-27)34(18-32-26)24-13-6-7-14-37-24;1-15-7-4-5-10-19(15)30-18(11-17-9-6-8-16(2)20(17)24(30)31)12-29(3)23-21-22(26-13-25-21)27-14-28-23;1-13-7-4-5-10-17(13)21-16(12-20-3)11-15-9-6-8-14(2)18(15)19(21)22;1-12-6-3-4-9-16(12)20-15(11-19)10-14-8-5-7-13(2)17(14)18(20)21;12-11-10-9(14-6-15-11)7(5-13-10)8-3-1-2-4-16-8;1-2/h4-5,8-12,15,17-18,24H,6-7,13-14,16H2,1-3H3;4-11,13-14H,12H2,1-3H3,(H,25,26,27,28);4-11,20H,12H2,1-3H3;3-10H,11H2,1-2H3;5-8H,1-4H2;2H2,1H3. The summed E-state index contributed by atoms with van der Waals surface area (Å²) in [7, 11) is 7.33. The van der Waals surface area contributed by atoms with Gasteiger partial charge in [-0.3, -0.25) is 47.0 Å². The summed E-state index contributed by atoms with van der Waals surface area (Å²) in [5, 5.41) is 11.2. The topological polar surface area (TPSA) is 287 Å². The summed E-state index contributed by atoms with van der Waals surface area (Å²) < 4.78 is 21.1. The average molecular weight is 1810 g/mol. The summed E-state index contributed by atoms with van der Waals surface area (Å²) in [6, 6.07) is 64.2. The summed E-state index contributed by atoms with van der Waals surface area (Å²) in [5.41, 5.74) is 24.7. The van der Waals surface area contributed by atoms with Crippen LogP contribution in [0.3, 0.4) is 0 Å². The first-order valence-electron chi connectivity index (χ1n) is 43.3. The molecule has 2 fully saturated rings. The third-order valence-corrected chi connectivity index (χ3v) is 24.7. The number of nitrogens with zero attached hydrogens (tertiary/aromatic N) is 16. The minimum absolute atomic E-state index is 0.0114. The second-order valence-corrected chi connectivity index (χ2v) is 33.5. The van der Waals surface area contributed by atoms with E-state index in [0.29, 0.717) is 47.3 Å². The zero-order valence-corrected chi connectivity index (χ0v) is 76.9. The number of aromatic nitrogens is 14. The van der Waals surface area contributed by atoms with E-state index in [0.717, 1.165) is 207 Å². The van der Waals surface area contributed by atoms with E-state index in [9.17, 15) is 19.2 Å². The Morgan fingerprint density at radius 1 is 0.473 bits per heavy atom. The van der Waals surface area contributed by atoms with Gasteiger partial charge >= 0.3 is 0 Å². The molecule has 0 spiro atoms. The molecule has 3 aliphatic heterocycles. The number of hydrogen-bond donors (Lipinski definition) is 3. The Kier molecular flexibility index (Phi) is 28.6. The largest absolute Gasteiger partial charge is 0.377 e. The van der Waals surface area contributed by atoms with E-state index >= 15 is 0 Å². The Morgan fingerprint density at radius 3 is 1.35 bits per heavy atom. The van der Waals surface area contributed by atoms with Crippen molar-refractivity contribution in [1.82, 2.24) is 73.0 Å². The van der Waals surface area contributed by atoms with Gasteiger partial charge in [-0.15, -0.1) is 0 Å². The fraction of sp³-hybridized carbons (Fsp3) is 0.265. The van der Waals surface area contributed by atoms with Crippen molar-refractivity contribution in [1.29, 1.82) is 0 Å². The first-order valence-corrected chi connectivity index (χ1v) is 44.8. The van der Waals surface area contributed by atoms with E-state index in [1.165, 1.54) is 26.1 Å². The van der Waals surface area contributed by atoms with Gasteiger partial charge in [-0.1, -0.05) is 173 Å². The van der Waals surface area contributed by atoms with Crippen molar-refractivity contribution in [2.24, 2.45) is 10.7 Å². The molecule has 20 rings (SSSR count). The number of pyridine rings is 4. The summed E-state index contributed by atoms with van der Waals surface area (Å²) in [6.45, 7) is 19.2. The SMILES string of the molecule is CN.CNCc1cc2cccc(C)c2c(=O)n1-c1ccccc1C.Cc1ccccc1-n1c(CBr)cc2cccc(C)c2c1=O.Cc1ccccc1-n1c(CN(C)c2ncnc3c2ncn3C2CCCCO2)cc2cccc(C)c2c1=O.Cc1ccccc1-n1c(CN(C)c2ncnc3nc[nH]c23)cc2cccc(C)c2c1=O.Clc1ncnc2c1N=CC2C1CCCCO1. The maximum atomic E-state index is 13.9. The minimum Gasteiger partial charge on any atom is -0.377 e. The number of para-hydroxylation sites is 4. The third-order valence-electron chi connectivity index (χ3n) is 23.9. The summed E-state index contributed by atoms with van der Waals surface area (Å²) in [4.78, 5) is 100. The minimum atomic E-state index is -0.0539. The molecule has 8 aromatic carbocycles. The molecular weight excluding hydrogens is 1700 g/mol. The predicted octanol–water partition coefficient (Wildman–Crippen LogP) is 18.9. The number of rotatable bonds is 15. The number of nitrogens with two attached hydrogens (primary N) is 1. The van der Waals surface area contributed by atoms with Crippen LogP contribution in [0, 0.1) is 55.4 Å². The Bertz CT molecular complexity index is 7270. The van der Waals surface area contributed by atoms with Crippen LogP contribution in [0.4, 0.5) is 17.3 Å². The van der Waals surface area contributed by atoms with Crippen molar-refractivity contribution in [2.75, 3.05) is 51.2 Å². The number of fused-ring (bicyclic) bond motifs is 7. The lowest BCUT2D eigenvalue weighted by Gasteiger charge is -2.26. The number of anilines is 2. The number of benzene rings is 8. The molecule has 0 saturated carbocycles. The van der Waals surface area contributed by atoms with Crippen LogP contribution >= 0.6 is 27.5 Å². The monoisotopic (exact) mass is 1810 g/mol. The lowest BCUT2D eigenvalue weighted by Crippen LogP contribution is -2.28. The van der Waals surface area contributed by atoms with E-state index in [1.54, 1.807) is 19.0 Å². The number of halogens is 2. The molecule has 27 heteroatoms. The van der Waals surface area contributed by atoms with E-state index in [1.807, 2.05) is 285 Å². The van der Waals surface area contributed by atoms with Gasteiger partial charge in [0.25, 0.3) is 22.2 Å². The highest BCUT2D eigenvalue weighted by Gasteiger charge is 2.33. The normalized spacial score (nSPS) is 14.5. The molecule has 3 atom stereocenters. The summed E-state index contributed by atoms with van der Waals surface area (Å²) in [6.07, 6.45) is 16.6. The van der Waals surface area contributed by atoms with Crippen LogP contribution in [-0.4, -0.2) is 121 Å². The molecular formula is C102H105BrClN19O6. The van der Waals surface area contributed by atoms with Crippen molar-refractivity contribution in [2.45, 2.75) is 137 Å². The van der Waals surface area contributed by atoms with Crippen molar-refractivity contribution in [3.8, 4) is 22.7 Å². The number of aryl methyl sites for hydroxylation is 8. The molecule has 129 heavy (non-hydrogen) atoms. The number of H-pyrrole nitrogens is 1. The Morgan fingerprint density at radius 2 is 0.891 bits per heavy atom. The number of hydrogen-bond acceptors (Lipinski definition) is 19. The lowest BCUT2D eigenvalue weighted by molar-refractivity contribution is -0.0298. The first kappa shape index (κ1) is 90.4. The molecule has 0 radical (unpaired) electrons. The second kappa shape index (κ2) is 40.7. The molecule has 25 nitrogen and oxygen atoms in total.